The van der Waals surface area contributed by atoms with Gasteiger partial charge in [-0.25, -0.2) is 0 Å². The Hall–Kier alpha value is -2.71. The number of methoxy groups -OCH3 is 1. The number of carbonyl (C=O) groups is 2. The molecular weight excluding hydrogens is 491 g/mol. The summed E-state index contributed by atoms with van der Waals surface area (Å²) < 4.78 is 6.45. The maximum Gasteiger partial charge on any atom is 0.259 e. The van der Waals surface area contributed by atoms with Crippen LogP contribution < -0.4 is 15.4 Å². The predicted molar refractivity (Wildman–Crippen MR) is 125 cm³/mol. The average Bonchev–Trinajstić information content (AvgIpc) is 2.79. The Labute approximate surface area is 189 Å². The van der Waals surface area contributed by atoms with Crippen molar-refractivity contribution >= 4 is 40.0 Å². The van der Waals surface area contributed by atoms with Crippen LogP contribution in [0.2, 0.25) is 0 Å². The van der Waals surface area contributed by atoms with Crippen molar-refractivity contribution in [3.8, 4) is 5.75 Å². The number of ether oxygens (including phenoxy) is 1. The van der Waals surface area contributed by atoms with Gasteiger partial charge in [0.25, 0.3) is 5.91 Å². The van der Waals surface area contributed by atoms with Crippen molar-refractivity contribution in [2.24, 2.45) is 0 Å². The third-order valence-electron chi connectivity index (χ3n) is 5.20. The first-order valence-corrected chi connectivity index (χ1v) is 10.8. The molecule has 0 spiro atoms. The second-order valence-corrected chi connectivity index (χ2v) is 8.32. The quantitative estimate of drug-likeness (QED) is 0.392. The highest BCUT2D eigenvalue weighted by atomic mass is 127. The van der Waals surface area contributed by atoms with Crippen LogP contribution in [0.3, 0.4) is 0 Å². The molecule has 3 aromatic rings. The lowest BCUT2D eigenvalue weighted by Gasteiger charge is -2.21. The van der Waals surface area contributed by atoms with Gasteiger partial charge in [0.15, 0.2) is 5.78 Å². The van der Waals surface area contributed by atoms with Crippen molar-refractivity contribution in [2.45, 2.75) is 13.0 Å². The highest BCUT2D eigenvalue weighted by molar-refractivity contribution is 14.1. The second-order valence-electron chi connectivity index (χ2n) is 7.08. The molecule has 0 saturated carbocycles. The fourth-order valence-electron chi connectivity index (χ4n) is 3.63. The molecule has 30 heavy (non-hydrogen) atoms. The maximum atomic E-state index is 13.1. The molecule has 6 heteroatoms. The summed E-state index contributed by atoms with van der Waals surface area (Å²) in [5.41, 5.74) is 4.50. The van der Waals surface area contributed by atoms with Crippen molar-refractivity contribution in [2.75, 3.05) is 19.0 Å². The summed E-state index contributed by atoms with van der Waals surface area (Å²) in [6.07, 6.45) is 0.855. The van der Waals surface area contributed by atoms with Gasteiger partial charge < -0.3 is 15.4 Å². The Balaban J connectivity index is 1.65. The number of nitrogens with one attached hydrogen (secondary N) is 2. The smallest absolute Gasteiger partial charge is 0.259 e. The Morgan fingerprint density at radius 3 is 2.57 bits per heavy atom. The van der Waals surface area contributed by atoms with E-state index in [2.05, 4.69) is 39.3 Å². The third kappa shape index (κ3) is 4.24. The van der Waals surface area contributed by atoms with Gasteiger partial charge in [0, 0.05) is 26.9 Å². The molecule has 2 N–H and O–H groups in total. The lowest BCUT2D eigenvalue weighted by Crippen LogP contribution is -2.25. The number of fused-ring (bicyclic) bond motifs is 1. The molecule has 0 aliphatic carbocycles. The molecule has 0 radical (unpaired) electrons. The monoisotopic (exact) mass is 512 g/mol. The van der Waals surface area contributed by atoms with E-state index in [4.69, 9.17) is 4.74 Å². The van der Waals surface area contributed by atoms with Crippen LogP contribution in [0, 0.1) is 3.57 Å². The fraction of sp³-hybridized carbons (Fsp3) is 0.167. The normalized spacial score (nSPS) is 12.7. The summed E-state index contributed by atoms with van der Waals surface area (Å²) in [5.74, 6) is 0.000404. The van der Waals surface area contributed by atoms with Crippen LogP contribution in [0.5, 0.6) is 5.75 Å². The Morgan fingerprint density at radius 2 is 1.80 bits per heavy atom. The zero-order valence-corrected chi connectivity index (χ0v) is 18.7. The van der Waals surface area contributed by atoms with E-state index in [0.717, 1.165) is 34.3 Å². The van der Waals surface area contributed by atoms with Crippen LogP contribution in [0.25, 0.3) is 0 Å². The standard InChI is InChI=1S/C24H21IN2O3/c1-30-22-10-7-16(23(28)15-5-8-18(25)9-6-15)13-20(22)24(29)27-21-4-2-3-17-14-26-12-11-19(17)21/h2-10,13,26H,11-12,14H2,1H3,(H,27,29). The largest absolute Gasteiger partial charge is 0.496 e. The van der Waals surface area contributed by atoms with E-state index >= 15 is 0 Å². The summed E-state index contributed by atoms with van der Waals surface area (Å²) in [4.78, 5) is 26.0. The number of carbonyl (C=O) groups excluding carboxylic acids is 2. The minimum Gasteiger partial charge on any atom is -0.496 e. The third-order valence-corrected chi connectivity index (χ3v) is 5.92. The van der Waals surface area contributed by atoms with Gasteiger partial charge >= 0.3 is 0 Å². The molecule has 3 aromatic carbocycles. The maximum absolute atomic E-state index is 13.1. The molecule has 0 fully saturated rings. The first-order valence-electron chi connectivity index (χ1n) is 9.68. The van der Waals surface area contributed by atoms with Gasteiger partial charge in [0.2, 0.25) is 0 Å². The molecule has 0 aromatic heterocycles. The van der Waals surface area contributed by atoms with Crippen LogP contribution in [0.15, 0.2) is 60.7 Å². The Kier molecular flexibility index (Phi) is 6.15. The molecule has 0 atom stereocenters. The highest BCUT2D eigenvalue weighted by Gasteiger charge is 2.19. The zero-order chi connectivity index (χ0) is 21.1. The van der Waals surface area contributed by atoms with E-state index < -0.39 is 0 Å². The van der Waals surface area contributed by atoms with E-state index in [1.54, 1.807) is 30.3 Å². The van der Waals surface area contributed by atoms with E-state index in [9.17, 15) is 9.59 Å². The highest BCUT2D eigenvalue weighted by Crippen LogP contribution is 2.27. The minimum absolute atomic E-state index is 0.133. The predicted octanol–water partition coefficient (Wildman–Crippen LogP) is 4.43. The van der Waals surface area contributed by atoms with Gasteiger partial charge in [-0.2, -0.15) is 0 Å². The van der Waals surface area contributed by atoms with Crippen LogP contribution in [0.1, 0.15) is 37.4 Å². The molecule has 1 heterocycles. The SMILES string of the molecule is COc1ccc(C(=O)c2ccc(I)cc2)cc1C(=O)Nc1cccc2c1CCNC2. The molecule has 4 rings (SSSR count). The van der Waals surface area contributed by atoms with Gasteiger partial charge in [-0.1, -0.05) is 12.1 Å². The van der Waals surface area contributed by atoms with Crippen LogP contribution in [-0.4, -0.2) is 25.3 Å². The lowest BCUT2D eigenvalue weighted by molar-refractivity contribution is 0.102. The van der Waals surface area contributed by atoms with Crippen LogP contribution in [0.4, 0.5) is 5.69 Å². The number of amides is 1. The van der Waals surface area contributed by atoms with Gasteiger partial charge in [0.05, 0.1) is 12.7 Å². The molecule has 0 bridgehead atoms. The molecule has 1 amide bonds. The molecule has 1 aliphatic heterocycles. The average molecular weight is 512 g/mol. The number of halogens is 1. The van der Waals surface area contributed by atoms with Gasteiger partial charge in [0.1, 0.15) is 5.75 Å². The second kappa shape index (κ2) is 8.97. The molecular formula is C24H21IN2O3. The topological polar surface area (TPSA) is 67.4 Å². The molecule has 0 saturated heterocycles. The Morgan fingerprint density at radius 1 is 1.03 bits per heavy atom. The number of benzene rings is 3. The van der Waals surface area contributed by atoms with E-state index in [1.807, 2.05) is 24.3 Å². The number of ketones is 1. The van der Waals surface area contributed by atoms with Gasteiger partial charge in [-0.05, 0) is 95.2 Å². The Bertz CT molecular complexity index is 1110. The summed E-state index contributed by atoms with van der Waals surface area (Å²) in [7, 11) is 1.52. The first-order chi connectivity index (χ1) is 14.6. The lowest BCUT2D eigenvalue weighted by atomic mass is 9.98. The molecule has 0 unspecified atom stereocenters. The molecule has 5 nitrogen and oxygen atoms in total. The van der Waals surface area contributed by atoms with Crippen LogP contribution in [-0.2, 0) is 13.0 Å². The number of hydrogen-bond acceptors (Lipinski definition) is 4. The summed E-state index contributed by atoms with van der Waals surface area (Å²) in [6, 6.07) is 18.2. The fourth-order valence-corrected chi connectivity index (χ4v) is 3.99. The summed E-state index contributed by atoms with van der Waals surface area (Å²) in [6.45, 7) is 1.67. The molecule has 152 valence electrons. The van der Waals surface area contributed by atoms with E-state index in [-0.39, 0.29) is 11.7 Å². The number of rotatable bonds is 5. The zero-order valence-electron chi connectivity index (χ0n) is 16.5. The number of anilines is 1. The molecule has 1 aliphatic rings. The van der Waals surface area contributed by atoms with E-state index in [0.29, 0.717) is 22.4 Å². The number of hydrogen-bond donors (Lipinski definition) is 2. The van der Waals surface area contributed by atoms with Gasteiger partial charge in [-0.15, -0.1) is 0 Å². The van der Waals surface area contributed by atoms with Crippen molar-refractivity contribution < 1.29 is 14.3 Å². The summed E-state index contributed by atoms with van der Waals surface area (Å²) in [5, 5.41) is 6.36. The first kappa shape index (κ1) is 20.6. The van der Waals surface area contributed by atoms with Crippen molar-refractivity contribution in [3.63, 3.8) is 0 Å². The summed E-state index contributed by atoms with van der Waals surface area (Å²) >= 11 is 2.20. The van der Waals surface area contributed by atoms with Gasteiger partial charge in [-0.3, -0.25) is 9.59 Å². The van der Waals surface area contributed by atoms with Crippen molar-refractivity contribution in [3.05, 3.63) is 92.1 Å². The van der Waals surface area contributed by atoms with Crippen molar-refractivity contribution in [1.82, 2.24) is 5.32 Å². The van der Waals surface area contributed by atoms with Crippen LogP contribution >= 0.6 is 22.6 Å². The minimum atomic E-state index is -0.295. The van der Waals surface area contributed by atoms with Crippen molar-refractivity contribution in [1.29, 1.82) is 0 Å². The van der Waals surface area contributed by atoms with E-state index in [1.165, 1.54) is 12.7 Å².